The molecule has 0 fully saturated rings. The fraction of sp³-hybridized carbons (Fsp3) is 0. The van der Waals surface area contributed by atoms with Crippen LogP contribution in [-0.4, -0.2) is 9.13 Å². The van der Waals surface area contributed by atoms with Gasteiger partial charge in [-0.15, -0.1) is 0 Å². The van der Waals surface area contributed by atoms with Gasteiger partial charge in [0.1, 0.15) is 12.1 Å². The zero-order valence-corrected chi connectivity index (χ0v) is 23.4. The molecule has 0 aliphatic carbocycles. The van der Waals surface area contributed by atoms with Crippen LogP contribution in [0.3, 0.4) is 0 Å². The average molecular weight is 560 g/mol. The lowest BCUT2D eigenvalue weighted by Gasteiger charge is -2.10. The molecule has 202 valence electrons. The molecule has 0 radical (unpaired) electrons. The van der Waals surface area contributed by atoms with Gasteiger partial charge >= 0.3 is 0 Å². The molecule has 0 aliphatic heterocycles. The lowest BCUT2D eigenvalue weighted by molar-refractivity contribution is 1.17. The lowest BCUT2D eigenvalue weighted by atomic mass is 10.0. The first-order valence-electron chi connectivity index (χ1n) is 14.2. The van der Waals surface area contributed by atoms with Crippen LogP contribution >= 0.6 is 0 Å². The number of nitrogens with zero attached hydrogens (tertiary/aromatic N) is 5. The molecule has 8 aromatic rings. The van der Waals surface area contributed by atoms with Crippen LogP contribution in [0.25, 0.3) is 66.1 Å². The van der Waals surface area contributed by atoms with Crippen LogP contribution < -0.4 is 0 Å². The highest BCUT2D eigenvalue weighted by Crippen LogP contribution is 2.38. The Morgan fingerprint density at radius 1 is 0.386 bits per heavy atom. The molecule has 5 nitrogen and oxygen atoms in total. The van der Waals surface area contributed by atoms with Crippen molar-refractivity contribution in [1.82, 2.24) is 9.13 Å². The second kappa shape index (κ2) is 9.74. The molecule has 0 saturated heterocycles. The smallest absolute Gasteiger partial charge is 0.101 e. The SMILES string of the molecule is N#Cc1ccc(-n2c3ccccc3c3cc(-c4ccc5c(c4)c4ccccc4n5-c4ccc(C#N)c(C#N)c4)ccc32)cc1. The zero-order valence-electron chi connectivity index (χ0n) is 23.4. The standard InChI is InChI=1S/C39H21N5/c40-22-25-9-14-30(15-10-25)43-36-7-3-1-5-32(36)34-20-26(12-17-38(34)43)27-13-18-39-35(21-27)33-6-2-4-8-37(33)44(39)31-16-11-28(23-41)29(19-31)24-42/h1-21H. The van der Waals surface area contributed by atoms with Crippen LogP contribution in [0.4, 0.5) is 0 Å². The van der Waals surface area contributed by atoms with Crippen molar-refractivity contribution < 1.29 is 0 Å². The predicted octanol–water partition coefficient (Wildman–Crippen LogP) is 9.16. The summed E-state index contributed by atoms with van der Waals surface area (Å²) in [4.78, 5) is 0. The van der Waals surface area contributed by atoms with Crippen molar-refractivity contribution >= 4 is 43.6 Å². The highest BCUT2D eigenvalue weighted by molar-refractivity contribution is 6.12. The molecule has 0 amide bonds. The first-order valence-corrected chi connectivity index (χ1v) is 14.2. The summed E-state index contributed by atoms with van der Waals surface area (Å²) >= 11 is 0. The maximum atomic E-state index is 9.67. The van der Waals surface area contributed by atoms with Gasteiger partial charge in [0.2, 0.25) is 0 Å². The van der Waals surface area contributed by atoms with E-state index in [9.17, 15) is 15.8 Å². The van der Waals surface area contributed by atoms with Crippen LogP contribution in [0.1, 0.15) is 16.7 Å². The van der Waals surface area contributed by atoms with Gasteiger partial charge in [0.15, 0.2) is 0 Å². The molecule has 2 heterocycles. The minimum Gasteiger partial charge on any atom is -0.309 e. The number of hydrogen-bond donors (Lipinski definition) is 0. The van der Waals surface area contributed by atoms with E-state index in [-0.39, 0.29) is 0 Å². The van der Waals surface area contributed by atoms with Crippen LogP contribution in [-0.2, 0) is 0 Å². The van der Waals surface area contributed by atoms with Crippen molar-refractivity contribution in [2.45, 2.75) is 0 Å². The Kier molecular flexibility index (Phi) is 5.56. The minimum absolute atomic E-state index is 0.362. The Hall–Kier alpha value is -6.61. The first-order chi connectivity index (χ1) is 21.7. The Morgan fingerprint density at radius 2 is 0.886 bits per heavy atom. The summed E-state index contributed by atoms with van der Waals surface area (Å²) < 4.78 is 4.41. The quantitative estimate of drug-likeness (QED) is 0.216. The summed E-state index contributed by atoms with van der Waals surface area (Å²) in [6.07, 6.45) is 0. The van der Waals surface area contributed by atoms with Crippen molar-refractivity contribution in [3.63, 3.8) is 0 Å². The molecule has 0 spiro atoms. The monoisotopic (exact) mass is 559 g/mol. The van der Waals surface area contributed by atoms with Crippen LogP contribution in [0.2, 0.25) is 0 Å². The largest absolute Gasteiger partial charge is 0.309 e. The summed E-state index contributed by atoms with van der Waals surface area (Å²) in [5.41, 5.74) is 9.73. The van der Waals surface area contributed by atoms with Crippen LogP contribution in [0.15, 0.2) is 127 Å². The van der Waals surface area contributed by atoms with E-state index in [0.29, 0.717) is 16.7 Å². The number of nitriles is 3. The molecule has 0 unspecified atom stereocenters. The van der Waals surface area contributed by atoms with Crippen molar-refractivity contribution in [3.05, 3.63) is 144 Å². The maximum Gasteiger partial charge on any atom is 0.101 e. The van der Waals surface area contributed by atoms with Crippen LogP contribution in [0.5, 0.6) is 0 Å². The molecule has 0 atom stereocenters. The van der Waals surface area contributed by atoms with E-state index < -0.39 is 0 Å². The minimum atomic E-state index is 0.362. The number of fused-ring (bicyclic) bond motifs is 6. The second-order valence-electron chi connectivity index (χ2n) is 10.8. The van der Waals surface area contributed by atoms with E-state index in [1.165, 1.54) is 5.39 Å². The normalized spacial score (nSPS) is 11.1. The molecule has 44 heavy (non-hydrogen) atoms. The van der Waals surface area contributed by atoms with Gasteiger partial charge in [0.25, 0.3) is 0 Å². The summed E-state index contributed by atoms with van der Waals surface area (Å²) in [6, 6.07) is 49.4. The molecule has 0 saturated carbocycles. The Labute approximate surface area is 252 Å². The molecular formula is C39H21N5. The van der Waals surface area contributed by atoms with E-state index in [0.717, 1.165) is 60.7 Å². The molecule has 6 aromatic carbocycles. The van der Waals surface area contributed by atoms with Crippen molar-refractivity contribution in [2.24, 2.45) is 0 Å². The highest BCUT2D eigenvalue weighted by Gasteiger charge is 2.16. The van der Waals surface area contributed by atoms with Gasteiger partial charge < -0.3 is 9.13 Å². The second-order valence-corrected chi connectivity index (χ2v) is 10.8. The number of benzene rings is 6. The van der Waals surface area contributed by atoms with Crippen LogP contribution in [0, 0.1) is 34.0 Å². The fourth-order valence-corrected chi connectivity index (χ4v) is 6.41. The summed E-state index contributed by atoms with van der Waals surface area (Å²) in [6.45, 7) is 0. The third-order valence-corrected chi connectivity index (χ3v) is 8.44. The lowest BCUT2D eigenvalue weighted by Crippen LogP contribution is -1.96. The van der Waals surface area contributed by atoms with E-state index in [1.54, 1.807) is 12.1 Å². The summed E-state index contributed by atoms with van der Waals surface area (Å²) in [5.74, 6) is 0. The topological polar surface area (TPSA) is 81.2 Å². The highest BCUT2D eigenvalue weighted by atomic mass is 15.0. The molecule has 0 bridgehead atoms. The fourth-order valence-electron chi connectivity index (χ4n) is 6.41. The predicted molar refractivity (Wildman–Crippen MR) is 175 cm³/mol. The zero-order chi connectivity index (χ0) is 29.8. The third-order valence-electron chi connectivity index (χ3n) is 8.44. The molecular weight excluding hydrogens is 538 g/mol. The Bertz CT molecular complexity index is 2580. The molecule has 8 rings (SSSR count). The molecule has 0 aliphatic rings. The molecule has 5 heteroatoms. The van der Waals surface area contributed by atoms with E-state index in [2.05, 4.69) is 100 Å². The number of hydrogen-bond acceptors (Lipinski definition) is 3. The van der Waals surface area contributed by atoms with Crippen molar-refractivity contribution in [1.29, 1.82) is 15.8 Å². The van der Waals surface area contributed by atoms with Gasteiger partial charge in [-0.1, -0.05) is 48.5 Å². The van der Waals surface area contributed by atoms with Gasteiger partial charge in [-0.2, -0.15) is 15.8 Å². The Balaban J connectivity index is 1.32. The van der Waals surface area contributed by atoms with Gasteiger partial charge in [0.05, 0.1) is 44.8 Å². The first kappa shape index (κ1) is 25.1. The van der Waals surface area contributed by atoms with Gasteiger partial charge in [-0.3, -0.25) is 0 Å². The number of aromatic nitrogens is 2. The van der Waals surface area contributed by atoms with E-state index in [4.69, 9.17) is 0 Å². The van der Waals surface area contributed by atoms with Crippen molar-refractivity contribution in [3.8, 4) is 40.7 Å². The maximum absolute atomic E-state index is 9.67. The summed E-state index contributed by atoms with van der Waals surface area (Å²) in [5, 5.41) is 32.9. The molecule has 2 aromatic heterocycles. The van der Waals surface area contributed by atoms with E-state index in [1.807, 2.05) is 42.5 Å². The average Bonchev–Trinajstić information content (AvgIpc) is 3.60. The third kappa shape index (κ3) is 3.70. The van der Waals surface area contributed by atoms with Gasteiger partial charge in [0, 0.05) is 32.9 Å². The molecule has 0 N–H and O–H groups in total. The van der Waals surface area contributed by atoms with Gasteiger partial charge in [-0.05, 0) is 90.0 Å². The number of rotatable bonds is 3. The summed E-state index contributed by atoms with van der Waals surface area (Å²) in [7, 11) is 0. The van der Waals surface area contributed by atoms with Crippen molar-refractivity contribution in [2.75, 3.05) is 0 Å². The van der Waals surface area contributed by atoms with Gasteiger partial charge in [-0.25, -0.2) is 0 Å². The Morgan fingerprint density at radius 3 is 1.43 bits per heavy atom. The van der Waals surface area contributed by atoms with E-state index >= 15 is 0 Å². The number of para-hydroxylation sites is 2.